The summed E-state index contributed by atoms with van der Waals surface area (Å²) in [7, 11) is 1.67. The van der Waals surface area contributed by atoms with Crippen molar-refractivity contribution in [2.45, 2.75) is 26.4 Å². The maximum absolute atomic E-state index is 6.18. The zero-order valence-electron chi connectivity index (χ0n) is 14.6. The van der Waals surface area contributed by atoms with Crippen LogP contribution in [-0.2, 0) is 0 Å². The molecule has 0 saturated carbocycles. The number of hydrogen-bond acceptors (Lipinski definition) is 3. The summed E-state index contributed by atoms with van der Waals surface area (Å²) in [6.07, 6.45) is 0. The van der Waals surface area contributed by atoms with Crippen LogP contribution in [0.25, 0.3) is 10.8 Å². The molecule has 24 heavy (non-hydrogen) atoms. The van der Waals surface area contributed by atoms with Gasteiger partial charge in [-0.05, 0) is 55.8 Å². The van der Waals surface area contributed by atoms with Crippen molar-refractivity contribution in [3.05, 3.63) is 60.7 Å². The number of benzene rings is 3. The standard InChI is InChI=1S/C21H23NO2/c1-21(2,3)24-20-14-16-10-6-5-9-15(16)13-18(20)22-17-11-7-8-12-19(17)23-4/h5-14,22H,1-4H3. The summed E-state index contributed by atoms with van der Waals surface area (Å²) in [6.45, 7) is 6.15. The van der Waals surface area contributed by atoms with Crippen LogP contribution in [0, 0.1) is 0 Å². The van der Waals surface area contributed by atoms with Crippen molar-refractivity contribution in [3.63, 3.8) is 0 Å². The molecule has 0 aliphatic carbocycles. The number of fused-ring (bicyclic) bond motifs is 1. The summed E-state index contributed by atoms with van der Waals surface area (Å²) >= 11 is 0. The number of rotatable bonds is 4. The Labute approximate surface area is 143 Å². The molecule has 0 amide bonds. The molecule has 0 bridgehead atoms. The van der Waals surface area contributed by atoms with Gasteiger partial charge in [-0.2, -0.15) is 0 Å². The average Bonchev–Trinajstić information content (AvgIpc) is 2.54. The first-order chi connectivity index (χ1) is 11.5. The van der Waals surface area contributed by atoms with Gasteiger partial charge in [-0.1, -0.05) is 36.4 Å². The number of para-hydroxylation sites is 2. The maximum atomic E-state index is 6.18. The van der Waals surface area contributed by atoms with Crippen molar-refractivity contribution in [2.75, 3.05) is 12.4 Å². The Balaban J connectivity index is 2.08. The SMILES string of the molecule is COc1ccccc1Nc1cc2ccccc2cc1OC(C)(C)C. The molecule has 3 aromatic carbocycles. The molecule has 124 valence electrons. The average molecular weight is 321 g/mol. The van der Waals surface area contributed by atoms with Crippen LogP contribution in [0.5, 0.6) is 11.5 Å². The summed E-state index contributed by atoms with van der Waals surface area (Å²) in [5.41, 5.74) is 1.56. The highest BCUT2D eigenvalue weighted by molar-refractivity contribution is 5.90. The van der Waals surface area contributed by atoms with Crippen molar-refractivity contribution in [3.8, 4) is 11.5 Å². The first-order valence-corrected chi connectivity index (χ1v) is 8.08. The second-order valence-electron chi connectivity index (χ2n) is 6.74. The van der Waals surface area contributed by atoms with E-state index in [-0.39, 0.29) is 5.60 Å². The quantitative estimate of drug-likeness (QED) is 0.661. The van der Waals surface area contributed by atoms with E-state index in [1.165, 1.54) is 0 Å². The van der Waals surface area contributed by atoms with Crippen molar-refractivity contribution in [2.24, 2.45) is 0 Å². The van der Waals surface area contributed by atoms with Gasteiger partial charge in [0.25, 0.3) is 0 Å². The van der Waals surface area contributed by atoms with E-state index in [9.17, 15) is 0 Å². The number of nitrogens with one attached hydrogen (secondary N) is 1. The fourth-order valence-corrected chi connectivity index (χ4v) is 2.62. The van der Waals surface area contributed by atoms with Crippen LogP contribution in [-0.4, -0.2) is 12.7 Å². The Morgan fingerprint density at radius 3 is 2.04 bits per heavy atom. The van der Waals surface area contributed by atoms with Crippen molar-refractivity contribution in [1.29, 1.82) is 0 Å². The van der Waals surface area contributed by atoms with Gasteiger partial charge in [0.2, 0.25) is 0 Å². The lowest BCUT2D eigenvalue weighted by molar-refractivity contribution is 0.132. The third kappa shape index (κ3) is 3.62. The van der Waals surface area contributed by atoms with Crippen molar-refractivity contribution < 1.29 is 9.47 Å². The van der Waals surface area contributed by atoms with Crippen LogP contribution in [0.15, 0.2) is 60.7 Å². The number of ether oxygens (including phenoxy) is 2. The fraction of sp³-hybridized carbons (Fsp3) is 0.238. The molecule has 3 nitrogen and oxygen atoms in total. The lowest BCUT2D eigenvalue weighted by Crippen LogP contribution is -2.23. The molecule has 0 heterocycles. The van der Waals surface area contributed by atoms with Crippen LogP contribution >= 0.6 is 0 Å². The zero-order valence-corrected chi connectivity index (χ0v) is 14.6. The monoisotopic (exact) mass is 321 g/mol. The van der Waals surface area contributed by atoms with Gasteiger partial charge < -0.3 is 14.8 Å². The van der Waals surface area contributed by atoms with E-state index in [0.29, 0.717) is 0 Å². The Hall–Kier alpha value is -2.68. The highest BCUT2D eigenvalue weighted by Gasteiger charge is 2.16. The zero-order chi connectivity index (χ0) is 17.2. The molecule has 0 aromatic heterocycles. The van der Waals surface area contributed by atoms with Gasteiger partial charge in [-0.25, -0.2) is 0 Å². The van der Waals surface area contributed by atoms with Crippen molar-refractivity contribution >= 4 is 22.1 Å². The molecule has 0 aliphatic rings. The molecule has 0 radical (unpaired) electrons. The highest BCUT2D eigenvalue weighted by Crippen LogP contribution is 2.37. The lowest BCUT2D eigenvalue weighted by Gasteiger charge is -2.24. The molecule has 3 aromatic rings. The van der Waals surface area contributed by atoms with E-state index in [2.05, 4.69) is 50.4 Å². The third-order valence-electron chi connectivity index (χ3n) is 3.64. The van der Waals surface area contributed by atoms with Gasteiger partial charge in [0.1, 0.15) is 17.1 Å². The van der Waals surface area contributed by atoms with Crippen LogP contribution in [0.2, 0.25) is 0 Å². The Morgan fingerprint density at radius 1 is 0.750 bits per heavy atom. The summed E-state index contributed by atoms with van der Waals surface area (Å²) in [5.74, 6) is 1.62. The lowest BCUT2D eigenvalue weighted by atomic mass is 10.1. The minimum absolute atomic E-state index is 0.278. The smallest absolute Gasteiger partial charge is 0.144 e. The molecule has 0 spiro atoms. The maximum Gasteiger partial charge on any atom is 0.144 e. The van der Waals surface area contributed by atoms with E-state index in [1.54, 1.807) is 7.11 Å². The van der Waals surface area contributed by atoms with E-state index >= 15 is 0 Å². The Kier molecular flexibility index (Phi) is 4.34. The van der Waals surface area contributed by atoms with E-state index in [1.807, 2.05) is 36.4 Å². The van der Waals surface area contributed by atoms with Gasteiger partial charge in [0.15, 0.2) is 0 Å². The molecule has 1 N–H and O–H groups in total. The molecule has 0 atom stereocenters. The van der Waals surface area contributed by atoms with Gasteiger partial charge in [0, 0.05) is 0 Å². The van der Waals surface area contributed by atoms with Gasteiger partial charge in [-0.15, -0.1) is 0 Å². The predicted molar refractivity (Wildman–Crippen MR) is 101 cm³/mol. The molecule has 0 unspecified atom stereocenters. The minimum Gasteiger partial charge on any atom is -0.495 e. The van der Waals surface area contributed by atoms with Crippen LogP contribution in [0.3, 0.4) is 0 Å². The number of methoxy groups -OCH3 is 1. The topological polar surface area (TPSA) is 30.5 Å². The normalized spacial score (nSPS) is 11.3. The highest BCUT2D eigenvalue weighted by atomic mass is 16.5. The summed E-state index contributed by atoms with van der Waals surface area (Å²) in [5, 5.41) is 5.77. The van der Waals surface area contributed by atoms with E-state index < -0.39 is 0 Å². The predicted octanol–water partition coefficient (Wildman–Crippen LogP) is 5.77. The van der Waals surface area contributed by atoms with Crippen molar-refractivity contribution in [1.82, 2.24) is 0 Å². The van der Waals surface area contributed by atoms with Gasteiger partial charge in [-0.3, -0.25) is 0 Å². The second kappa shape index (κ2) is 6.44. The number of hydrogen-bond donors (Lipinski definition) is 1. The largest absolute Gasteiger partial charge is 0.495 e. The first kappa shape index (κ1) is 16.2. The van der Waals surface area contributed by atoms with Gasteiger partial charge >= 0.3 is 0 Å². The summed E-state index contributed by atoms with van der Waals surface area (Å²) < 4.78 is 11.6. The van der Waals surface area contributed by atoms with E-state index in [4.69, 9.17) is 9.47 Å². The molecule has 0 aliphatic heterocycles. The molecule has 3 heteroatoms. The fourth-order valence-electron chi connectivity index (χ4n) is 2.62. The Morgan fingerprint density at radius 2 is 1.38 bits per heavy atom. The van der Waals surface area contributed by atoms with Crippen LogP contribution < -0.4 is 14.8 Å². The molecular formula is C21H23NO2. The van der Waals surface area contributed by atoms with Crippen LogP contribution in [0.4, 0.5) is 11.4 Å². The first-order valence-electron chi connectivity index (χ1n) is 8.08. The summed E-state index contributed by atoms with van der Waals surface area (Å²) in [4.78, 5) is 0. The molecule has 0 saturated heterocycles. The molecule has 0 fully saturated rings. The molecule has 3 rings (SSSR count). The number of anilines is 2. The Bertz CT molecular complexity index is 850. The van der Waals surface area contributed by atoms with Gasteiger partial charge in [0.05, 0.1) is 18.5 Å². The minimum atomic E-state index is -0.278. The molecular weight excluding hydrogens is 298 g/mol. The third-order valence-corrected chi connectivity index (χ3v) is 3.64. The van der Waals surface area contributed by atoms with E-state index in [0.717, 1.165) is 33.6 Å². The summed E-state index contributed by atoms with van der Waals surface area (Å²) in [6, 6.07) is 20.3. The second-order valence-corrected chi connectivity index (χ2v) is 6.74. The van der Waals surface area contributed by atoms with Crippen LogP contribution in [0.1, 0.15) is 20.8 Å².